The van der Waals surface area contributed by atoms with E-state index < -0.39 is 6.09 Å². The Bertz CT molecular complexity index is 1020. The highest BCUT2D eigenvalue weighted by molar-refractivity contribution is 5.66. The first-order chi connectivity index (χ1) is 16.7. The van der Waals surface area contributed by atoms with Gasteiger partial charge in [-0.3, -0.25) is 4.90 Å². The number of carbonyl (C=O) groups is 1. The van der Waals surface area contributed by atoms with E-state index in [1.807, 2.05) is 24.3 Å². The van der Waals surface area contributed by atoms with Gasteiger partial charge in [0.2, 0.25) is 0 Å². The van der Waals surface area contributed by atoms with Crippen LogP contribution in [-0.4, -0.2) is 37.7 Å². The van der Waals surface area contributed by atoms with E-state index in [-0.39, 0.29) is 6.10 Å². The van der Waals surface area contributed by atoms with Gasteiger partial charge < -0.3 is 14.8 Å². The number of nitrogens with zero attached hydrogens (tertiary/aromatic N) is 1. The number of amides is 1. The molecule has 1 saturated heterocycles. The van der Waals surface area contributed by atoms with Crippen LogP contribution in [-0.2, 0) is 11.3 Å². The van der Waals surface area contributed by atoms with Crippen LogP contribution >= 0.6 is 0 Å². The van der Waals surface area contributed by atoms with Gasteiger partial charge in [-0.05, 0) is 54.6 Å². The minimum Gasteiger partial charge on any atom is -0.485 e. The molecule has 1 N–H and O–H groups in total. The summed E-state index contributed by atoms with van der Waals surface area (Å²) in [6, 6.07) is 29.3. The monoisotopic (exact) mass is 458 g/mol. The maximum atomic E-state index is 11.5. The largest absolute Gasteiger partial charge is 0.485 e. The minimum atomic E-state index is -0.422. The average Bonchev–Trinajstić information content (AvgIpc) is 2.90. The van der Waals surface area contributed by atoms with Crippen LogP contribution < -0.4 is 10.1 Å². The molecule has 1 aliphatic heterocycles. The molecule has 1 heterocycles. The van der Waals surface area contributed by atoms with Crippen molar-refractivity contribution in [2.75, 3.05) is 26.7 Å². The van der Waals surface area contributed by atoms with Gasteiger partial charge in [-0.2, -0.15) is 0 Å². The summed E-state index contributed by atoms with van der Waals surface area (Å²) in [6.45, 7) is 3.46. The topological polar surface area (TPSA) is 50.8 Å². The van der Waals surface area contributed by atoms with E-state index >= 15 is 0 Å². The van der Waals surface area contributed by atoms with Crippen LogP contribution in [0.3, 0.4) is 0 Å². The molecule has 5 heteroatoms. The standard InChI is InChI=1S/C29H34N2O3/c1-30-29(32)33-21-18-27(25-12-6-3-7-13-25)34-28-15-9-8-14-26(28)24-16-19-31(20-17-24)22-23-10-4-2-5-11-23/h2-15,24,27H,16-22H2,1H3,(H,30,32). The first-order valence-electron chi connectivity index (χ1n) is 12.1. The van der Waals surface area contributed by atoms with Crippen LogP contribution in [0.15, 0.2) is 84.9 Å². The van der Waals surface area contributed by atoms with E-state index in [1.165, 1.54) is 11.1 Å². The van der Waals surface area contributed by atoms with Crippen LogP contribution in [0, 0.1) is 0 Å². The van der Waals surface area contributed by atoms with Crippen LogP contribution in [0.2, 0.25) is 0 Å². The van der Waals surface area contributed by atoms with Gasteiger partial charge in [0.05, 0.1) is 6.61 Å². The number of para-hydroxylation sites is 1. The number of hydrogen-bond acceptors (Lipinski definition) is 4. The first kappa shape index (κ1) is 23.8. The van der Waals surface area contributed by atoms with E-state index in [0.717, 1.165) is 43.8 Å². The Hall–Kier alpha value is -3.31. The molecular weight excluding hydrogens is 424 g/mol. The third-order valence-electron chi connectivity index (χ3n) is 6.45. The van der Waals surface area contributed by atoms with Crippen molar-refractivity contribution in [1.29, 1.82) is 0 Å². The summed E-state index contributed by atoms with van der Waals surface area (Å²) < 4.78 is 11.9. The lowest BCUT2D eigenvalue weighted by atomic mass is 9.88. The Morgan fingerprint density at radius 3 is 2.29 bits per heavy atom. The highest BCUT2D eigenvalue weighted by Crippen LogP contribution is 2.37. The molecule has 3 aromatic rings. The van der Waals surface area contributed by atoms with Crippen LogP contribution in [0.5, 0.6) is 5.75 Å². The molecule has 0 bridgehead atoms. The number of hydrogen-bond donors (Lipinski definition) is 1. The predicted octanol–water partition coefficient (Wildman–Crippen LogP) is 5.93. The summed E-state index contributed by atoms with van der Waals surface area (Å²) in [5.74, 6) is 1.40. The molecule has 0 radical (unpaired) electrons. The fraction of sp³-hybridized carbons (Fsp3) is 0.345. The molecule has 1 unspecified atom stereocenters. The minimum absolute atomic E-state index is 0.190. The number of rotatable bonds is 9. The molecule has 0 aromatic heterocycles. The molecule has 3 aromatic carbocycles. The number of likely N-dealkylation sites (tertiary alicyclic amines) is 1. The lowest BCUT2D eigenvalue weighted by Crippen LogP contribution is -2.32. The lowest BCUT2D eigenvalue weighted by molar-refractivity contribution is 0.116. The third kappa shape index (κ3) is 6.61. The fourth-order valence-electron chi connectivity index (χ4n) is 4.61. The summed E-state index contributed by atoms with van der Waals surface area (Å²) in [5.41, 5.74) is 3.72. The van der Waals surface area contributed by atoms with Crippen LogP contribution in [0.4, 0.5) is 4.79 Å². The van der Waals surface area contributed by atoms with Crippen LogP contribution in [0.25, 0.3) is 0 Å². The van der Waals surface area contributed by atoms with Crippen molar-refractivity contribution < 1.29 is 14.3 Å². The Labute approximate surface area is 202 Å². The zero-order chi connectivity index (χ0) is 23.6. The van der Waals surface area contributed by atoms with Crippen molar-refractivity contribution in [2.24, 2.45) is 0 Å². The molecule has 34 heavy (non-hydrogen) atoms. The normalized spacial score (nSPS) is 15.4. The Morgan fingerprint density at radius 2 is 1.59 bits per heavy atom. The molecule has 0 aliphatic carbocycles. The van der Waals surface area contributed by atoms with Crippen molar-refractivity contribution in [3.8, 4) is 5.75 Å². The van der Waals surface area contributed by atoms with Gasteiger partial charge in [0.15, 0.2) is 0 Å². The number of piperidine rings is 1. The van der Waals surface area contributed by atoms with Gasteiger partial charge in [0.25, 0.3) is 0 Å². The first-order valence-corrected chi connectivity index (χ1v) is 12.1. The molecule has 4 rings (SSSR count). The van der Waals surface area contributed by atoms with Gasteiger partial charge in [-0.25, -0.2) is 4.79 Å². The lowest BCUT2D eigenvalue weighted by Gasteiger charge is -2.33. The summed E-state index contributed by atoms with van der Waals surface area (Å²) >= 11 is 0. The zero-order valence-electron chi connectivity index (χ0n) is 19.9. The number of carbonyl (C=O) groups excluding carboxylic acids is 1. The Kier molecular flexibility index (Phi) is 8.58. The summed E-state index contributed by atoms with van der Waals surface area (Å²) in [4.78, 5) is 14.1. The molecule has 1 atom stereocenters. The fourth-order valence-corrected chi connectivity index (χ4v) is 4.61. The predicted molar refractivity (Wildman–Crippen MR) is 135 cm³/mol. The average molecular weight is 459 g/mol. The SMILES string of the molecule is CNC(=O)OCCC(Oc1ccccc1C1CCN(Cc2ccccc2)CC1)c1ccccc1. The van der Waals surface area contributed by atoms with E-state index in [0.29, 0.717) is 18.9 Å². The van der Waals surface area contributed by atoms with Crippen molar-refractivity contribution in [3.05, 3.63) is 102 Å². The summed E-state index contributed by atoms with van der Waals surface area (Å²) in [5, 5.41) is 2.49. The smallest absolute Gasteiger partial charge is 0.406 e. The zero-order valence-corrected chi connectivity index (χ0v) is 19.9. The second-order valence-corrected chi connectivity index (χ2v) is 8.77. The van der Waals surface area contributed by atoms with Crippen molar-refractivity contribution >= 4 is 6.09 Å². The van der Waals surface area contributed by atoms with E-state index in [1.54, 1.807) is 7.05 Å². The van der Waals surface area contributed by atoms with E-state index in [2.05, 4.69) is 70.9 Å². The Morgan fingerprint density at radius 1 is 0.941 bits per heavy atom. The Balaban J connectivity index is 1.42. The van der Waals surface area contributed by atoms with Gasteiger partial charge in [-0.1, -0.05) is 78.9 Å². The molecule has 1 fully saturated rings. The molecule has 1 amide bonds. The van der Waals surface area contributed by atoms with Gasteiger partial charge in [0, 0.05) is 20.0 Å². The van der Waals surface area contributed by atoms with Crippen molar-refractivity contribution in [1.82, 2.24) is 10.2 Å². The van der Waals surface area contributed by atoms with Gasteiger partial charge >= 0.3 is 6.09 Å². The number of nitrogens with one attached hydrogen (secondary N) is 1. The van der Waals surface area contributed by atoms with Gasteiger partial charge in [0.1, 0.15) is 11.9 Å². The van der Waals surface area contributed by atoms with Crippen molar-refractivity contribution in [3.63, 3.8) is 0 Å². The third-order valence-corrected chi connectivity index (χ3v) is 6.45. The second-order valence-electron chi connectivity index (χ2n) is 8.77. The molecule has 0 spiro atoms. The summed E-state index contributed by atoms with van der Waals surface area (Å²) in [7, 11) is 1.56. The number of alkyl carbamates (subject to hydrolysis) is 1. The van der Waals surface area contributed by atoms with Crippen molar-refractivity contribution in [2.45, 2.75) is 37.8 Å². The van der Waals surface area contributed by atoms with E-state index in [9.17, 15) is 4.79 Å². The second kappa shape index (κ2) is 12.2. The molecule has 5 nitrogen and oxygen atoms in total. The number of benzene rings is 3. The van der Waals surface area contributed by atoms with E-state index in [4.69, 9.17) is 9.47 Å². The van der Waals surface area contributed by atoms with Gasteiger partial charge in [-0.15, -0.1) is 0 Å². The molecular formula is C29H34N2O3. The highest BCUT2D eigenvalue weighted by Gasteiger charge is 2.24. The maximum absolute atomic E-state index is 11.5. The maximum Gasteiger partial charge on any atom is 0.406 e. The van der Waals surface area contributed by atoms with Crippen LogP contribution in [0.1, 0.15) is 48.0 Å². The summed E-state index contributed by atoms with van der Waals surface area (Å²) in [6.07, 6.45) is 2.20. The molecule has 0 saturated carbocycles. The molecule has 1 aliphatic rings. The molecule has 178 valence electrons. The quantitative estimate of drug-likeness (QED) is 0.432. The highest BCUT2D eigenvalue weighted by atomic mass is 16.5. The number of ether oxygens (including phenoxy) is 2.